The van der Waals surface area contributed by atoms with E-state index in [2.05, 4.69) is 31.9 Å². The third-order valence-electron chi connectivity index (χ3n) is 4.30. The van der Waals surface area contributed by atoms with Gasteiger partial charge >= 0.3 is 17.7 Å². The first-order valence-corrected chi connectivity index (χ1v) is 11.9. The largest absolute Gasteiger partial charge is 0.463 e. The van der Waals surface area contributed by atoms with E-state index in [4.69, 9.17) is 25.5 Å². The van der Waals surface area contributed by atoms with Crippen LogP contribution in [0.5, 0.6) is 5.95 Å². The van der Waals surface area contributed by atoms with E-state index in [0.717, 1.165) is 0 Å². The molecule has 3 N–H and O–H groups in total. The number of nitrogens with one attached hydrogen (secondary N) is 3. The minimum absolute atomic E-state index is 0.0825. The number of alkyl halides is 1. The number of halogens is 2. The maximum absolute atomic E-state index is 12.6. The Morgan fingerprint density at radius 1 is 1.09 bits per heavy atom. The lowest BCUT2D eigenvalue weighted by molar-refractivity contribution is -0.127. The number of hydrogen-bond acceptors (Lipinski definition) is 7. The van der Waals surface area contributed by atoms with Gasteiger partial charge in [0.05, 0.1) is 5.39 Å². The number of anilines is 1. The van der Waals surface area contributed by atoms with E-state index in [0.29, 0.717) is 16.4 Å². The van der Waals surface area contributed by atoms with Gasteiger partial charge < -0.3 is 29.8 Å². The van der Waals surface area contributed by atoms with Gasteiger partial charge in [-0.2, -0.15) is 0 Å². The van der Waals surface area contributed by atoms with Crippen molar-refractivity contribution in [2.24, 2.45) is 0 Å². The minimum atomic E-state index is -0.939. The lowest BCUT2D eigenvalue weighted by Gasteiger charge is -2.22. The van der Waals surface area contributed by atoms with Crippen LogP contribution in [0, 0.1) is 0 Å². The summed E-state index contributed by atoms with van der Waals surface area (Å²) in [4.78, 5) is 49.1. The monoisotopic (exact) mass is 559 g/mol. The zero-order valence-electron chi connectivity index (χ0n) is 19.4. The Balaban J connectivity index is 2.04. The standard InChI is InChI=1S/C22H27BrClN3O7/c1-11(25-17(28)12(2)26-21(31)34-22(3,4)5)18(29)27-13-6-7-14-15(10-13)19(30)33-20(16(14)24)32-9-8-23/h6-7,10-12H,8-9H2,1-5H3,(H,25,28)(H,26,31)(H,27,29)/t11-,12-/m0/s1. The fraction of sp³-hybridized carbons (Fsp3) is 0.455. The number of benzene rings is 1. The van der Waals surface area contributed by atoms with Gasteiger partial charge in [0.1, 0.15) is 29.3 Å². The number of carbonyl (C=O) groups excluding carboxylic acids is 3. The molecule has 2 atom stereocenters. The molecule has 2 rings (SSSR count). The first-order chi connectivity index (χ1) is 15.8. The van der Waals surface area contributed by atoms with Crippen LogP contribution in [0.2, 0.25) is 5.02 Å². The van der Waals surface area contributed by atoms with Gasteiger partial charge in [-0.05, 0) is 46.8 Å². The summed E-state index contributed by atoms with van der Waals surface area (Å²) >= 11 is 9.48. The van der Waals surface area contributed by atoms with Crippen molar-refractivity contribution in [2.45, 2.75) is 52.3 Å². The van der Waals surface area contributed by atoms with E-state index in [-0.39, 0.29) is 23.0 Å². The summed E-state index contributed by atoms with van der Waals surface area (Å²) in [5.74, 6) is -1.19. The van der Waals surface area contributed by atoms with Crippen molar-refractivity contribution >= 4 is 61.9 Å². The molecule has 34 heavy (non-hydrogen) atoms. The number of rotatable bonds is 8. The molecule has 3 amide bonds. The first-order valence-electron chi connectivity index (χ1n) is 10.4. The normalized spacial score (nSPS) is 13.0. The molecule has 0 saturated heterocycles. The van der Waals surface area contributed by atoms with Crippen molar-refractivity contribution in [1.29, 1.82) is 0 Å². The number of hydrogen-bond donors (Lipinski definition) is 3. The van der Waals surface area contributed by atoms with Crippen LogP contribution in [-0.2, 0) is 14.3 Å². The average Bonchev–Trinajstić information content (AvgIpc) is 2.73. The van der Waals surface area contributed by atoms with Crippen molar-refractivity contribution < 1.29 is 28.3 Å². The molecule has 0 aliphatic rings. The van der Waals surface area contributed by atoms with Crippen LogP contribution in [-0.4, -0.2) is 47.5 Å². The fourth-order valence-corrected chi connectivity index (χ4v) is 3.12. The number of amides is 3. The Morgan fingerprint density at radius 3 is 2.35 bits per heavy atom. The highest BCUT2D eigenvalue weighted by molar-refractivity contribution is 9.09. The molecule has 12 heteroatoms. The molecule has 10 nitrogen and oxygen atoms in total. The first kappa shape index (κ1) is 27.5. The van der Waals surface area contributed by atoms with Crippen LogP contribution < -0.4 is 26.3 Å². The van der Waals surface area contributed by atoms with Crippen molar-refractivity contribution in [2.75, 3.05) is 17.3 Å². The molecule has 0 spiro atoms. The molecule has 1 aromatic carbocycles. The molecule has 0 bridgehead atoms. The van der Waals surface area contributed by atoms with Crippen LogP contribution in [0.1, 0.15) is 34.6 Å². The summed E-state index contributed by atoms with van der Waals surface area (Å²) in [5.41, 5.74) is -1.09. The van der Waals surface area contributed by atoms with E-state index < -0.39 is 41.2 Å². The van der Waals surface area contributed by atoms with Gasteiger partial charge in [0.25, 0.3) is 0 Å². The van der Waals surface area contributed by atoms with Gasteiger partial charge in [-0.15, -0.1) is 0 Å². The topological polar surface area (TPSA) is 136 Å². The van der Waals surface area contributed by atoms with Crippen molar-refractivity contribution in [3.05, 3.63) is 33.6 Å². The van der Waals surface area contributed by atoms with Gasteiger partial charge in [0.15, 0.2) is 0 Å². The van der Waals surface area contributed by atoms with Gasteiger partial charge in [-0.1, -0.05) is 33.6 Å². The highest BCUT2D eigenvalue weighted by atomic mass is 79.9. The van der Waals surface area contributed by atoms with Crippen LogP contribution in [0.3, 0.4) is 0 Å². The predicted molar refractivity (Wildman–Crippen MR) is 132 cm³/mol. The number of fused-ring (bicyclic) bond motifs is 1. The maximum Gasteiger partial charge on any atom is 0.408 e. The summed E-state index contributed by atoms with van der Waals surface area (Å²) in [6.07, 6.45) is -0.748. The molecule has 186 valence electrons. The summed E-state index contributed by atoms with van der Waals surface area (Å²) in [5, 5.41) is 8.76. The smallest absolute Gasteiger partial charge is 0.408 e. The summed E-state index contributed by atoms with van der Waals surface area (Å²) in [6.45, 7) is 8.31. The zero-order valence-corrected chi connectivity index (χ0v) is 21.8. The summed E-state index contributed by atoms with van der Waals surface area (Å²) < 4.78 is 15.6. The van der Waals surface area contributed by atoms with Gasteiger partial charge in [0, 0.05) is 16.4 Å². The molecule has 0 unspecified atom stereocenters. The molecule has 1 aromatic heterocycles. The van der Waals surface area contributed by atoms with Gasteiger partial charge in [0.2, 0.25) is 11.8 Å². The van der Waals surface area contributed by atoms with E-state index >= 15 is 0 Å². The Morgan fingerprint density at radius 2 is 1.74 bits per heavy atom. The Labute approximate surface area is 209 Å². The van der Waals surface area contributed by atoms with Gasteiger partial charge in [-0.3, -0.25) is 9.59 Å². The molecule has 0 fully saturated rings. The maximum atomic E-state index is 12.6. The quantitative estimate of drug-likeness (QED) is 0.420. The molecule has 0 aliphatic heterocycles. The number of carbonyl (C=O) groups is 3. The minimum Gasteiger partial charge on any atom is -0.463 e. The highest BCUT2D eigenvalue weighted by Gasteiger charge is 2.24. The molecule has 1 heterocycles. The highest BCUT2D eigenvalue weighted by Crippen LogP contribution is 2.32. The average molecular weight is 561 g/mol. The van der Waals surface area contributed by atoms with Crippen LogP contribution in [0.15, 0.2) is 27.4 Å². The lowest BCUT2D eigenvalue weighted by Crippen LogP contribution is -2.51. The Kier molecular flexibility index (Phi) is 9.34. The van der Waals surface area contributed by atoms with Crippen LogP contribution >= 0.6 is 27.5 Å². The summed E-state index contributed by atoms with van der Waals surface area (Å²) in [7, 11) is 0. The third kappa shape index (κ3) is 7.63. The number of ether oxygens (including phenoxy) is 2. The Bertz CT molecular complexity index is 1130. The SMILES string of the molecule is C[C@H](NC(=O)OC(C)(C)C)C(=O)N[C@@H](C)C(=O)Nc1ccc2c(Cl)c(OCCBr)oc(=O)c2c1. The lowest BCUT2D eigenvalue weighted by atomic mass is 10.1. The second kappa shape index (κ2) is 11.6. The second-order valence-corrected chi connectivity index (χ2v) is 9.55. The summed E-state index contributed by atoms with van der Waals surface area (Å²) in [6, 6.07) is 2.66. The molecule has 0 aliphatic carbocycles. The van der Waals surface area contributed by atoms with Crippen LogP contribution in [0.25, 0.3) is 10.8 Å². The molecule has 0 saturated carbocycles. The zero-order chi connectivity index (χ0) is 25.6. The van der Waals surface area contributed by atoms with E-state index in [1.165, 1.54) is 19.9 Å². The molecule has 0 radical (unpaired) electrons. The fourth-order valence-electron chi connectivity index (χ4n) is 2.70. The van der Waals surface area contributed by atoms with E-state index in [1.807, 2.05) is 0 Å². The van der Waals surface area contributed by atoms with Crippen molar-refractivity contribution in [3.63, 3.8) is 0 Å². The Hall–Kier alpha value is -2.79. The molecular formula is C22H27BrClN3O7. The van der Waals surface area contributed by atoms with Crippen LogP contribution in [0.4, 0.5) is 10.5 Å². The molecule has 2 aromatic rings. The number of alkyl carbamates (subject to hydrolysis) is 1. The predicted octanol–water partition coefficient (Wildman–Crippen LogP) is 3.58. The van der Waals surface area contributed by atoms with E-state index in [9.17, 15) is 19.2 Å². The molecular weight excluding hydrogens is 534 g/mol. The van der Waals surface area contributed by atoms with Crippen molar-refractivity contribution in [1.82, 2.24) is 10.6 Å². The van der Waals surface area contributed by atoms with Gasteiger partial charge in [-0.25, -0.2) is 9.59 Å². The second-order valence-electron chi connectivity index (χ2n) is 8.38. The van der Waals surface area contributed by atoms with E-state index in [1.54, 1.807) is 32.9 Å². The third-order valence-corrected chi connectivity index (χ3v) is 4.98. The van der Waals surface area contributed by atoms with Crippen molar-refractivity contribution in [3.8, 4) is 5.95 Å².